The summed E-state index contributed by atoms with van der Waals surface area (Å²) in [5.41, 5.74) is 7.32. The largest absolute Gasteiger partial charge is 0.326 e. The molecule has 102 valence electrons. The average Bonchev–Trinajstić information content (AvgIpc) is 2.83. The van der Waals surface area contributed by atoms with Gasteiger partial charge < -0.3 is 5.73 Å². The van der Waals surface area contributed by atoms with Crippen molar-refractivity contribution in [3.8, 4) is 0 Å². The first-order valence-corrected chi connectivity index (χ1v) is 8.60. The van der Waals surface area contributed by atoms with Crippen molar-refractivity contribution in [1.82, 2.24) is 9.97 Å². The third-order valence-electron chi connectivity index (χ3n) is 2.72. The van der Waals surface area contributed by atoms with Crippen LogP contribution in [0.25, 0.3) is 0 Å². The Balaban J connectivity index is 2.21. The van der Waals surface area contributed by atoms with Crippen molar-refractivity contribution in [3.05, 3.63) is 38.8 Å². The van der Waals surface area contributed by atoms with Crippen LogP contribution in [0.4, 0.5) is 0 Å². The van der Waals surface area contributed by atoms with E-state index in [-0.39, 0.29) is 11.3 Å². The minimum absolute atomic E-state index is 0.0976. The van der Waals surface area contributed by atoms with Crippen molar-refractivity contribution in [1.29, 1.82) is 0 Å². The number of nitrogens with zero attached hydrogens (tertiary/aromatic N) is 2. The van der Waals surface area contributed by atoms with Gasteiger partial charge in [-0.25, -0.2) is 9.97 Å². The van der Waals surface area contributed by atoms with E-state index in [4.69, 9.17) is 5.73 Å². The lowest BCUT2D eigenvalue weighted by Gasteiger charge is -2.20. The van der Waals surface area contributed by atoms with Crippen molar-refractivity contribution in [2.24, 2.45) is 5.73 Å². The highest BCUT2D eigenvalue weighted by Gasteiger charge is 2.22. The summed E-state index contributed by atoms with van der Waals surface area (Å²) in [4.78, 5) is 9.97. The van der Waals surface area contributed by atoms with Crippen LogP contribution in [0.2, 0.25) is 0 Å². The van der Waals surface area contributed by atoms with Crippen LogP contribution >= 0.6 is 39.0 Å². The van der Waals surface area contributed by atoms with Gasteiger partial charge in [-0.1, -0.05) is 18.7 Å². The molecular formula is C13H16BrN3S2. The molecule has 2 unspecified atom stereocenters. The summed E-state index contributed by atoms with van der Waals surface area (Å²) in [5, 5.41) is 3.06. The molecule has 2 rings (SSSR count). The van der Waals surface area contributed by atoms with Crippen LogP contribution in [0.3, 0.4) is 0 Å². The molecule has 19 heavy (non-hydrogen) atoms. The number of aryl methyl sites for hydroxylation is 1. The van der Waals surface area contributed by atoms with Crippen molar-refractivity contribution in [2.75, 3.05) is 0 Å². The lowest BCUT2D eigenvalue weighted by molar-refractivity contribution is 0.638. The van der Waals surface area contributed by atoms with Gasteiger partial charge in [0.25, 0.3) is 0 Å². The van der Waals surface area contributed by atoms with Crippen LogP contribution in [0.15, 0.2) is 33.5 Å². The van der Waals surface area contributed by atoms with Crippen LogP contribution in [0, 0.1) is 6.92 Å². The predicted molar refractivity (Wildman–Crippen MR) is 85.7 cm³/mol. The Morgan fingerprint density at radius 3 is 2.63 bits per heavy atom. The number of hydrogen-bond acceptors (Lipinski definition) is 5. The molecule has 0 fully saturated rings. The summed E-state index contributed by atoms with van der Waals surface area (Å²) >= 11 is 6.85. The van der Waals surface area contributed by atoms with E-state index in [1.807, 2.05) is 19.3 Å². The first-order chi connectivity index (χ1) is 9.10. The van der Waals surface area contributed by atoms with Gasteiger partial charge in [0.05, 0.1) is 5.25 Å². The molecular weight excluding hydrogens is 342 g/mol. The van der Waals surface area contributed by atoms with Gasteiger partial charge in [-0.15, -0.1) is 11.3 Å². The molecule has 0 amide bonds. The maximum absolute atomic E-state index is 6.25. The summed E-state index contributed by atoms with van der Waals surface area (Å²) in [5.74, 6) is 0. The summed E-state index contributed by atoms with van der Waals surface area (Å²) in [7, 11) is 0. The molecule has 2 atom stereocenters. The second kappa shape index (κ2) is 6.83. The van der Waals surface area contributed by atoms with Crippen LogP contribution in [0.5, 0.6) is 0 Å². The van der Waals surface area contributed by atoms with E-state index in [1.54, 1.807) is 23.1 Å². The third kappa shape index (κ3) is 4.02. The topological polar surface area (TPSA) is 51.8 Å². The molecule has 0 saturated heterocycles. The van der Waals surface area contributed by atoms with Gasteiger partial charge in [0.15, 0.2) is 5.16 Å². The summed E-state index contributed by atoms with van der Waals surface area (Å²) in [6.07, 6.45) is 4.61. The molecule has 0 aliphatic heterocycles. The minimum atomic E-state index is 0.0976. The van der Waals surface area contributed by atoms with E-state index < -0.39 is 0 Å². The molecule has 6 heteroatoms. The Morgan fingerprint density at radius 1 is 1.42 bits per heavy atom. The fourth-order valence-corrected chi connectivity index (χ4v) is 4.42. The van der Waals surface area contributed by atoms with Gasteiger partial charge in [0, 0.05) is 33.2 Å². The number of hydrogen-bond donors (Lipinski definition) is 1. The van der Waals surface area contributed by atoms with E-state index in [2.05, 4.69) is 44.3 Å². The van der Waals surface area contributed by atoms with E-state index in [0.717, 1.165) is 21.6 Å². The Morgan fingerprint density at radius 2 is 2.11 bits per heavy atom. The van der Waals surface area contributed by atoms with E-state index in [0.29, 0.717) is 0 Å². The molecule has 0 aliphatic carbocycles. The number of nitrogens with two attached hydrogens (primary N) is 1. The maximum Gasteiger partial charge on any atom is 0.188 e. The van der Waals surface area contributed by atoms with Crippen molar-refractivity contribution in [2.45, 2.75) is 36.7 Å². The van der Waals surface area contributed by atoms with E-state index in [9.17, 15) is 0 Å². The molecule has 0 aliphatic rings. The predicted octanol–water partition coefficient (Wildman–Crippen LogP) is 4.18. The van der Waals surface area contributed by atoms with E-state index >= 15 is 0 Å². The highest BCUT2D eigenvalue weighted by atomic mass is 79.9. The quantitative estimate of drug-likeness (QED) is 0.644. The maximum atomic E-state index is 6.25. The van der Waals surface area contributed by atoms with Crippen molar-refractivity contribution < 1.29 is 0 Å². The number of halogens is 1. The first-order valence-electron chi connectivity index (χ1n) is 6.05. The van der Waals surface area contributed by atoms with Gasteiger partial charge in [-0.05, 0) is 40.9 Å². The van der Waals surface area contributed by atoms with Crippen molar-refractivity contribution in [3.63, 3.8) is 0 Å². The molecule has 2 N–H and O–H groups in total. The zero-order valence-corrected chi connectivity index (χ0v) is 14.1. The lowest BCUT2D eigenvalue weighted by Crippen LogP contribution is -2.25. The van der Waals surface area contributed by atoms with Crippen LogP contribution in [-0.4, -0.2) is 16.0 Å². The zero-order chi connectivity index (χ0) is 13.8. The molecule has 0 saturated carbocycles. The molecule has 0 bridgehead atoms. The lowest BCUT2D eigenvalue weighted by atomic mass is 10.1. The van der Waals surface area contributed by atoms with E-state index in [1.165, 1.54) is 4.88 Å². The van der Waals surface area contributed by atoms with Crippen LogP contribution in [0.1, 0.15) is 29.0 Å². The Hall–Kier alpha value is -0.430. The van der Waals surface area contributed by atoms with Gasteiger partial charge in [0.1, 0.15) is 0 Å². The zero-order valence-electron chi connectivity index (χ0n) is 10.8. The van der Waals surface area contributed by atoms with Crippen LogP contribution < -0.4 is 5.73 Å². The molecule has 0 aromatic carbocycles. The normalized spacial score (nSPS) is 14.3. The molecule has 0 radical (unpaired) electrons. The molecule has 2 heterocycles. The Labute approximate surface area is 130 Å². The second-order valence-corrected chi connectivity index (χ2v) is 7.29. The number of thiophene rings is 1. The fraction of sp³-hybridized carbons (Fsp3) is 0.385. The molecule has 2 aromatic rings. The monoisotopic (exact) mass is 357 g/mol. The second-order valence-electron chi connectivity index (χ2n) is 4.32. The summed E-state index contributed by atoms with van der Waals surface area (Å²) in [6.45, 7) is 4.09. The number of rotatable bonds is 5. The average molecular weight is 358 g/mol. The first kappa shape index (κ1) is 15.0. The standard InChI is InChI=1S/C13H16BrN3S2/c1-3-10(15)12(11-4-9(14)7-18-11)19-13-16-5-8(2)6-17-13/h4-7,10,12H,3,15H2,1-2H3. The highest BCUT2D eigenvalue weighted by molar-refractivity contribution is 9.10. The van der Waals surface area contributed by atoms with Gasteiger partial charge in [-0.3, -0.25) is 0 Å². The third-order valence-corrected chi connectivity index (χ3v) is 5.92. The molecule has 3 nitrogen and oxygen atoms in total. The Kier molecular flexibility index (Phi) is 5.38. The van der Waals surface area contributed by atoms with Gasteiger partial charge in [0.2, 0.25) is 0 Å². The van der Waals surface area contributed by atoms with Crippen molar-refractivity contribution >= 4 is 39.0 Å². The molecule has 2 aromatic heterocycles. The number of thioether (sulfide) groups is 1. The minimum Gasteiger partial charge on any atom is -0.326 e. The smallest absolute Gasteiger partial charge is 0.188 e. The summed E-state index contributed by atoms with van der Waals surface area (Å²) < 4.78 is 1.10. The number of aromatic nitrogens is 2. The Bertz CT molecular complexity index is 527. The van der Waals surface area contributed by atoms with Gasteiger partial charge in [-0.2, -0.15) is 0 Å². The summed E-state index contributed by atoms with van der Waals surface area (Å²) in [6, 6.07) is 2.23. The SMILES string of the molecule is CCC(N)C(Sc1ncc(C)cn1)c1cc(Br)cs1. The highest BCUT2D eigenvalue weighted by Crippen LogP contribution is 2.40. The molecule has 0 spiro atoms. The fourth-order valence-electron chi connectivity index (χ4n) is 1.60. The van der Waals surface area contributed by atoms with Crippen LogP contribution in [-0.2, 0) is 0 Å². The van der Waals surface area contributed by atoms with Gasteiger partial charge >= 0.3 is 0 Å².